The van der Waals surface area contributed by atoms with Gasteiger partial charge < -0.3 is 4.90 Å². The largest absolute Gasteiger partial charge is 0.351 e. The van der Waals surface area contributed by atoms with Gasteiger partial charge in [0, 0.05) is 18.1 Å². The van der Waals surface area contributed by atoms with E-state index in [4.69, 9.17) is 11.6 Å². The highest BCUT2D eigenvalue weighted by Crippen LogP contribution is 2.31. The van der Waals surface area contributed by atoms with Crippen LogP contribution in [0.1, 0.15) is 24.8 Å². The number of hydrogen-bond acceptors (Lipinski definition) is 3. The summed E-state index contributed by atoms with van der Waals surface area (Å²) >= 11 is 7.34. The molecule has 0 atom stereocenters. The molecule has 1 fully saturated rings. The summed E-state index contributed by atoms with van der Waals surface area (Å²) < 4.78 is 0. The molecule has 0 bridgehead atoms. The number of benzene rings is 1. The number of carbonyl (C=O) groups is 1. The Morgan fingerprint density at radius 2 is 1.81 bits per heavy atom. The Labute approximate surface area is 144 Å². The van der Waals surface area contributed by atoms with Crippen molar-refractivity contribution in [2.75, 3.05) is 13.1 Å². The minimum atomic E-state index is -0.134. The SMILES string of the molecule is Br.O=C1N=C(N2CCCCC2)SC1=Cc1ccc(Cl)cc1. The van der Waals surface area contributed by atoms with E-state index in [2.05, 4.69) is 9.89 Å². The number of rotatable bonds is 1. The van der Waals surface area contributed by atoms with E-state index in [0.717, 1.165) is 23.8 Å². The fourth-order valence-electron chi connectivity index (χ4n) is 2.33. The zero-order valence-corrected chi connectivity index (χ0v) is 14.7. The number of halogens is 2. The number of hydrogen-bond donors (Lipinski definition) is 0. The van der Waals surface area contributed by atoms with Crippen molar-refractivity contribution in [3.05, 3.63) is 39.8 Å². The lowest BCUT2D eigenvalue weighted by Gasteiger charge is -2.27. The molecule has 112 valence electrons. The quantitative estimate of drug-likeness (QED) is 0.671. The molecule has 0 saturated carbocycles. The molecule has 0 aliphatic carbocycles. The van der Waals surface area contributed by atoms with Crippen LogP contribution in [-0.4, -0.2) is 29.1 Å². The molecule has 1 aromatic carbocycles. The first-order valence-corrected chi connectivity index (χ1v) is 7.95. The third kappa shape index (κ3) is 4.11. The van der Waals surface area contributed by atoms with Crippen molar-refractivity contribution < 1.29 is 4.79 Å². The lowest BCUT2D eigenvalue weighted by atomic mass is 10.1. The molecule has 3 nitrogen and oxygen atoms in total. The number of amides is 1. The zero-order valence-electron chi connectivity index (χ0n) is 11.4. The van der Waals surface area contributed by atoms with Gasteiger partial charge in [-0.1, -0.05) is 23.7 Å². The Morgan fingerprint density at radius 3 is 2.48 bits per heavy atom. The highest BCUT2D eigenvalue weighted by molar-refractivity contribution is 8.93. The van der Waals surface area contributed by atoms with Gasteiger partial charge in [0.05, 0.1) is 4.91 Å². The maximum atomic E-state index is 12.0. The predicted octanol–water partition coefficient (Wildman–Crippen LogP) is 4.37. The van der Waals surface area contributed by atoms with Crippen LogP contribution in [0.2, 0.25) is 5.02 Å². The summed E-state index contributed by atoms with van der Waals surface area (Å²) in [6.07, 6.45) is 5.52. The molecule has 21 heavy (non-hydrogen) atoms. The van der Waals surface area contributed by atoms with Crippen LogP contribution in [0.3, 0.4) is 0 Å². The van der Waals surface area contributed by atoms with Gasteiger partial charge in [0.15, 0.2) is 5.17 Å². The second-order valence-corrected chi connectivity index (χ2v) is 6.35. The average Bonchev–Trinajstić information content (AvgIpc) is 2.84. The van der Waals surface area contributed by atoms with Gasteiger partial charge in [0.2, 0.25) is 0 Å². The third-order valence-electron chi connectivity index (χ3n) is 3.40. The minimum Gasteiger partial charge on any atom is -0.351 e. The molecular formula is C15H16BrClN2OS. The van der Waals surface area contributed by atoms with Crippen molar-refractivity contribution >= 4 is 57.5 Å². The number of likely N-dealkylation sites (tertiary alicyclic amines) is 1. The molecule has 0 spiro atoms. The molecular weight excluding hydrogens is 372 g/mol. The molecule has 1 saturated heterocycles. The molecule has 6 heteroatoms. The summed E-state index contributed by atoms with van der Waals surface area (Å²) in [5.74, 6) is -0.134. The first kappa shape index (κ1) is 16.6. The molecule has 0 aromatic heterocycles. The monoisotopic (exact) mass is 386 g/mol. The van der Waals surface area contributed by atoms with Gasteiger partial charge in [-0.2, -0.15) is 4.99 Å². The van der Waals surface area contributed by atoms with Crippen molar-refractivity contribution in [2.24, 2.45) is 4.99 Å². The number of amidine groups is 1. The Kier molecular flexibility index (Phi) is 5.90. The Hall–Kier alpha value is -0.780. The number of piperidine rings is 1. The number of thioether (sulfide) groups is 1. The van der Waals surface area contributed by atoms with Gasteiger partial charge in [0.1, 0.15) is 0 Å². The van der Waals surface area contributed by atoms with Crippen LogP contribution in [-0.2, 0) is 4.79 Å². The van der Waals surface area contributed by atoms with E-state index in [9.17, 15) is 4.79 Å². The first-order chi connectivity index (χ1) is 9.72. The van der Waals surface area contributed by atoms with Gasteiger partial charge in [-0.05, 0) is 54.8 Å². The van der Waals surface area contributed by atoms with Crippen LogP contribution in [0.15, 0.2) is 34.2 Å². The molecule has 2 aliphatic heterocycles. The van der Waals surface area contributed by atoms with E-state index in [1.54, 1.807) is 0 Å². The first-order valence-electron chi connectivity index (χ1n) is 6.75. The summed E-state index contributed by atoms with van der Waals surface area (Å²) in [5, 5.41) is 1.55. The highest BCUT2D eigenvalue weighted by atomic mass is 79.9. The van der Waals surface area contributed by atoms with Gasteiger partial charge in [-0.25, -0.2) is 0 Å². The number of aliphatic imine (C=N–C) groups is 1. The molecule has 0 N–H and O–H groups in total. The second kappa shape index (κ2) is 7.47. The third-order valence-corrected chi connectivity index (χ3v) is 4.70. The van der Waals surface area contributed by atoms with Crippen LogP contribution >= 0.6 is 40.3 Å². The van der Waals surface area contributed by atoms with Crippen molar-refractivity contribution in [1.82, 2.24) is 4.90 Å². The molecule has 2 aliphatic rings. The van der Waals surface area contributed by atoms with Crippen LogP contribution in [0.25, 0.3) is 6.08 Å². The standard InChI is InChI=1S/C15H15ClN2OS.BrH/c16-12-6-4-11(5-7-12)10-13-14(19)17-15(20-13)18-8-2-1-3-9-18;/h4-7,10H,1-3,8-9H2;1H. The Morgan fingerprint density at radius 1 is 1.14 bits per heavy atom. The lowest BCUT2D eigenvalue weighted by molar-refractivity contribution is -0.113. The fourth-order valence-corrected chi connectivity index (χ4v) is 3.42. The van der Waals surface area contributed by atoms with E-state index >= 15 is 0 Å². The van der Waals surface area contributed by atoms with Gasteiger partial charge >= 0.3 is 0 Å². The molecule has 2 heterocycles. The van der Waals surface area contributed by atoms with Crippen molar-refractivity contribution in [3.63, 3.8) is 0 Å². The van der Waals surface area contributed by atoms with Crippen LogP contribution in [0, 0.1) is 0 Å². The van der Waals surface area contributed by atoms with Gasteiger partial charge in [0.25, 0.3) is 5.91 Å². The molecule has 1 aromatic rings. The van der Waals surface area contributed by atoms with Crippen molar-refractivity contribution in [1.29, 1.82) is 0 Å². The van der Waals surface area contributed by atoms with E-state index in [1.807, 2.05) is 30.3 Å². The predicted molar refractivity (Wildman–Crippen MR) is 95.2 cm³/mol. The maximum absolute atomic E-state index is 12.0. The zero-order chi connectivity index (χ0) is 13.9. The average molecular weight is 388 g/mol. The molecule has 1 amide bonds. The summed E-state index contributed by atoms with van der Waals surface area (Å²) in [6, 6.07) is 7.46. The maximum Gasteiger partial charge on any atom is 0.286 e. The van der Waals surface area contributed by atoms with Crippen LogP contribution in [0.4, 0.5) is 0 Å². The minimum absolute atomic E-state index is 0. The number of carbonyl (C=O) groups excluding carboxylic acids is 1. The normalized spacial score (nSPS) is 20.4. The van der Waals surface area contributed by atoms with E-state index in [0.29, 0.717) is 9.93 Å². The Balaban J connectivity index is 0.00000161. The van der Waals surface area contributed by atoms with Gasteiger partial charge in [-0.15, -0.1) is 17.0 Å². The van der Waals surface area contributed by atoms with E-state index in [-0.39, 0.29) is 22.9 Å². The summed E-state index contributed by atoms with van der Waals surface area (Å²) in [5.41, 5.74) is 0.973. The summed E-state index contributed by atoms with van der Waals surface area (Å²) in [4.78, 5) is 19.1. The summed E-state index contributed by atoms with van der Waals surface area (Å²) in [7, 11) is 0. The van der Waals surface area contributed by atoms with Crippen LogP contribution in [0.5, 0.6) is 0 Å². The fraction of sp³-hybridized carbons (Fsp3) is 0.333. The Bertz CT molecular complexity index is 580. The van der Waals surface area contributed by atoms with E-state index < -0.39 is 0 Å². The molecule has 0 radical (unpaired) electrons. The summed E-state index contributed by atoms with van der Waals surface area (Å²) in [6.45, 7) is 2.01. The second-order valence-electron chi connectivity index (χ2n) is 4.91. The van der Waals surface area contributed by atoms with Crippen LogP contribution < -0.4 is 0 Å². The highest BCUT2D eigenvalue weighted by Gasteiger charge is 2.26. The van der Waals surface area contributed by atoms with Crippen molar-refractivity contribution in [3.8, 4) is 0 Å². The topological polar surface area (TPSA) is 32.7 Å². The molecule has 0 unspecified atom stereocenters. The smallest absolute Gasteiger partial charge is 0.286 e. The molecule has 3 rings (SSSR count). The van der Waals surface area contributed by atoms with Gasteiger partial charge in [-0.3, -0.25) is 4.79 Å². The number of nitrogens with zero attached hydrogens (tertiary/aromatic N) is 2. The lowest BCUT2D eigenvalue weighted by Crippen LogP contribution is -2.33. The van der Waals surface area contributed by atoms with Crippen molar-refractivity contribution in [2.45, 2.75) is 19.3 Å². The van der Waals surface area contributed by atoms with E-state index in [1.165, 1.54) is 31.0 Å².